The average molecular weight is 297 g/mol. The Hall–Kier alpha value is -1.36. The zero-order valence-corrected chi connectivity index (χ0v) is 12.1. The highest BCUT2D eigenvalue weighted by Gasteiger charge is 2.14. The van der Waals surface area contributed by atoms with Crippen molar-refractivity contribution >= 4 is 29.0 Å². The molecule has 0 radical (unpaired) electrons. The summed E-state index contributed by atoms with van der Waals surface area (Å²) in [6.45, 7) is 4.08. The number of nitrogens with two attached hydrogens (primary N) is 1. The first-order chi connectivity index (χ1) is 9.02. The van der Waals surface area contributed by atoms with E-state index in [0.29, 0.717) is 27.3 Å². The van der Waals surface area contributed by atoms with Crippen LogP contribution in [0.1, 0.15) is 25.5 Å². The van der Waals surface area contributed by atoms with E-state index in [1.54, 1.807) is 24.3 Å². The molecule has 0 aliphatic carbocycles. The van der Waals surface area contributed by atoms with Crippen LogP contribution < -0.4 is 11.3 Å². The van der Waals surface area contributed by atoms with E-state index in [4.69, 9.17) is 29.0 Å². The molecule has 0 bridgehead atoms. The molecule has 6 heteroatoms. The predicted molar refractivity (Wildman–Crippen MR) is 79.4 cm³/mol. The van der Waals surface area contributed by atoms with Gasteiger partial charge in [-0.05, 0) is 18.1 Å². The summed E-state index contributed by atoms with van der Waals surface area (Å²) in [5.41, 5.74) is 4.02. The van der Waals surface area contributed by atoms with Gasteiger partial charge in [0.25, 0.3) is 0 Å². The molecule has 0 fully saturated rings. The summed E-state index contributed by atoms with van der Waals surface area (Å²) in [6, 6.07) is 7.09. The minimum absolute atomic E-state index is 0.245. The molecule has 4 nitrogen and oxygen atoms in total. The number of hydrogen-bond donors (Lipinski definition) is 2. The summed E-state index contributed by atoms with van der Waals surface area (Å²) < 4.78 is 0. The van der Waals surface area contributed by atoms with Crippen molar-refractivity contribution in [2.24, 2.45) is 5.84 Å². The molecular formula is C13H14Cl2N4. The maximum Gasteiger partial charge on any atom is 0.164 e. The second-order valence-electron chi connectivity index (χ2n) is 4.40. The smallest absolute Gasteiger partial charge is 0.164 e. The summed E-state index contributed by atoms with van der Waals surface area (Å²) >= 11 is 12.4. The number of halogens is 2. The molecule has 0 spiro atoms. The number of nitrogens with one attached hydrogen (secondary N) is 1. The second kappa shape index (κ2) is 5.74. The van der Waals surface area contributed by atoms with E-state index in [1.807, 2.05) is 13.8 Å². The van der Waals surface area contributed by atoms with Crippen molar-refractivity contribution in [3.63, 3.8) is 0 Å². The lowest BCUT2D eigenvalue weighted by molar-refractivity contribution is 0.817. The highest BCUT2D eigenvalue weighted by molar-refractivity contribution is 6.38. The van der Waals surface area contributed by atoms with Crippen LogP contribution in [0.4, 0.5) is 5.82 Å². The Balaban J connectivity index is 2.64. The molecule has 19 heavy (non-hydrogen) atoms. The quantitative estimate of drug-likeness (QED) is 0.667. The molecule has 2 aromatic rings. The molecule has 100 valence electrons. The van der Waals surface area contributed by atoms with Gasteiger partial charge in [-0.15, -0.1) is 0 Å². The third kappa shape index (κ3) is 2.97. The Morgan fingerprint density at radius 2 is 1.79 bits per heavy atom. The van der Waals surface area contributed by atoms with Gasteiger partial charge in [-0.25, -0.2) is 15.8 Å². The molecule has 2 rings (SSSR count). The Morgan fingerprint density at radius 3 is 2.32 bits per heavy atom. The molecule has 0 amide bonds. The van der Waals surface area contributed by atoms with Crippen molar-refractivity contribution in [3.8, 4) is 11.4 Å². The van der Waals surface area contributed by atoms with Gasteiger partial charge in [0.1, 0.15) is 5.82 Å². The van der Waals surface area contributed by atoms with Crippen molar-refractivity contribution in [2.45, 2.75) is 19.8 Å². The third-order valence-corrected chi connectivity index (χ3v) is 3.30. The lowest BCUT2D eigenvalue weighted by atomic mass is 10.1. The summed E-state index contributed by atoms with van der Waals surface area (Å²) in [5, 5.41) is 1.02. The number of hydrazine groups is 1. The number of hydrogen-bond acceptors (Lipinski definition) is 4. The van der Waals surface area contributed by atoms with Crippen LogP contribution in [0.15, 0.2) is 24.3 Å². The number of benzene rings is 1. The molecule has 0 aliphatic heterocycles. The third-order valence-electron chi connectivity index (χ3n) is 2.67. The van der Waals surface area contributed by atoms with Crippen molar-refractivity contribution < 1.29 is 0 Å². The first kappa shape index (κ1) is 14.1. The van der Waals surface area contributed by atoms with Crippen molar-refractivity contribution in [3.05, 3.63) is 40.0 Å². The number of nitrogen functional groups attached to an aromatic ring is 1. The molecule has 1 aromatic heterocycles. The zero-order valence-electron chi connectivity index (χ0n) is 10.6. The molecule has 0 unspecified atom stereocenters. The number of anilines is 1. The molecule has 3 N–H and O–H groups in total. The minimum atomic E-state index is 0.245. The minimum Gasteiger partial charge on any atom is -0.308 e. The molecule has 1 aromatic carbocycles. The van der Waals surface area contributed by atoms with Crippen LogP contribution in [0.2, 0.25) is 10.0 Å². The second-order valence-corrected chi connectivity index (χ2v) is 5.21. The topological polar surface area (TPSA) is 63.8 Å². The van der Waals surface area contributed by atoms with Gasteiger partial charge in [0.05, 0.1) is 15.6 Å². The van der Waals surface area contributed by atoms with Crippen LogP contribution in [0.3, 0.4) is 0 Å². The monoisotopic (exact) mass is 296 g/mol. The van der Waals surface area contributed by atoms with Crippen LogP contribution in [0.25, 0.3) is 11.4 Å². The number of aromatic nitrogens is 2. The van der Waals surface area contributed by atoms with Gasteiger partial charge < -0.3 is 5.43 Å². The van der Waals surface area contributed by atoms with Crippen LogP contribution in [-0.4, -0.2) is 9.97 Å². The SMILES string of the molecule is CC(C)c1cc(NN)nc(-c2c(Cl)cccc2Cl)n1. The van der Waals surface area contributed by atoms with E-state index in [1.165, 1.54) is 0 Å². The Morgan fingerprint density at radius 1 is 1.16 bits per heavy atom. The van der Waals surface area contributed by atoms with Gasteiger partial charge in [-0.3, -0.25) is 0 Å². The van der Waals surface area contributed by atoms with Gasteiger partial charge in [0.2, 0.25) is 0 Å². The summed E-state index contributed by atoms with van der Waals surface area (Å²) in [7, 11) is 0. The highest BCUT2D eigenvalue weighted by Crippen LogP contribution is 2.33. The maximum atomic E-state index is 6.18. The fourth-order valence-electron chi connectivity index (χ4n) is 1.66. The normalized spacial score (nSPS) is 10.8. The van der Waals surface area contributed by atoms with Crippen molar-refractivity contribution in [1.82, 2.24) is 9.97 Å². The van der Waals surface area contributed by atoms with Crippen LogP contribution in [0, 0.1) is 0 Å². The average Bonchev–Trinajstić information content (AvgIpc) is 2.38. The van der Waals surface area contributed by atoms with Gasteiger partial charge in [-0.1, -0.05) is 43.1 Å². The molecular weight excluding hydrogens is 283 g/mol. The van der Waals surface area contributed by atoms with Crippen LogP contribution in [0.5, 0.6) is 0 Å². The standard InChI is InChI=1S/C13H14Cl2N4/c1-7(2)10-6-11(19-16)18-13(17-10)12-8(14)4-3-5-9(12)15/h3-7H,16H2,1-2H3,(H,17,18,19). The summed E-state index contributed by atoms with van der Waals surface area (Å²) in [4.78, 5) is 8.81. The van der Waals surface area contributed by atoms with Gasteiger partial charge in [0, 0.05) is 11.8 Å². The van der Waals surface area contributed by atoms with Gasteiger partial charge in [-0.2, -0.15) is 0 Å². The van der Waals surface area contributed by atoms with E-state index < -0.39 is 0 Å². The van der Waals surface area contributed by atoms with Crippen molar-refractivity contribution in [1.29, 1.82) is 0 Å². The van der Waals surface area contributed by atoms with E-state index in [9.17, 15) is 0 Å². The lowest BCUT2D eigenvalue weighted by Crippen LogP contribution is -2.11. The van der Waals surface area contributed by atoms with Gasteiger partial charge in [0.15, 0.2) is 5.82 Å². The molecule has 0 atom stereocenters. The first-order valence-electron chi connectivity index (χ1n) is 5.83. The van der Waals surface area contributed by atoms with E-state index >= 15 is 0 Å². The largest absolute Gasteiger partial charge is 0.308 e. The maximum absolute atomic E-state index is 6.18. The predicted octanol–water partition coefficient (Wildman–Crippen LogP) is 3.86. The number of rotatable bonds is 3. The Kier molecular flexibility index (Phi) is 4.24. The van der Waals surface area contributed by atoms with Crippen molar-refractivity contribution in [2.75, 3.05) is 5.43 Å². The first-order valence-corrected chi connectivity index (χ1v) is 6.58. The van der Waals surface area contributed by atoms with Crippen LogP contribution in [-0.2, 0) is 0 Å². The fourth-order valence-corrected chi connectivity index (χ4v) is 2.23. The highest BCUT2D eigenvalue weighted by atomic mass is 35.5. The fraction of sp³-hybridized carbons (Fsp3) is 0.231. The zero-order chi connectivity index (χ0) is 14.0. The lowest BCUT2D eigenvalue weighted by Gasteiger charge is -2.11. The Labute approximate surface area is 121 Å². The number of nitrogens with zero attached hydrogens (tertiary/aromatic N) is 2. The van der Waals surface area contributed by atoms with Gasteiger partial charge >= 0.3 is 0 Å². The molecule has 1 heterocycles. The van der Waals surface area contributed by atoms with E-state index in [2.05, 4.69) is 15.4 Å². The summed E-state index contributed by atoms with van der Waals surface area (Å²) in [6.07, 6.45) is 0. The molecule has 0 saturated heterocycles. The van der Waals surface area contributed by atoms with E-state index in [0.717, 1.165) is 5.69 Å². The Bertz CT molecular complexity index is 579. The van der Waals surface area contributed by atoms with Crippen LogP contribution >= 0.6 is 23.2 Å². The summed E-state index contributed by atoms with van der Waals surface area (Å²) in [5.74, 6) is 6.68. The molecule has 0 saturated carbocycles. The van der Waals surface area contributed by atoms with E-state index in [-0.39, 0.29) is 5.92 Å². The molecule has 0 aliphatic rings.